The van der Waals surface area contributed by atoms with Gasteiger partial charge in [0.2, 0.25) is 5.95 Å². The highest BCUT2D eigenvalue weighted by atomic mass is 15.1. The van der Waals surface area contributed by atoms with Crippen molar-refractivity contribution >= 4 is 5.95 Å². The lowest BCUT2D eigenvalue weighted by Gasteiger charge is -2.04. The number of benzene rings is 1. The molecule has 0 saturated heterocycles. The average Bonchev–Trinajstić information content (AvgIpc) is 2.28. The molecule has 1 aromatic heterocycles. The van der Waals surface area contributed by atoms with E-state index in [2.05, 4.69) is 15.0 Å². The van der Waals surface area contributed by atoms with E-state index in [-0.39, 0.29) is 5.95 Å². The topological polar surface area (TPSA) is 64.7 Å². The first-order chi connectivity index (χ1) is 7.69. The summed E-state index contributed by atoms with van der Waals surface area (Å²) in [4.78, 5) is 12.6. The van der Waals surface area contributed by atoms with E-state index in [0.29, 0.717) is 5.82 Å². The average molecular weight is 214 g/mol. The van der Waals surface area contributed by atoms with Crippen molar-refractivity contribution < 1.29 is 0 Å². The van der Waals surface area contributed by atoms with Crippen molar-refractivity contribution in [2.75, 3.05) is 5.73 Å². The van der Waals surface area contributed by atoms with Gasteiger partial charge in [-0.05, 0) is 13.0 Å². The maximum atomic E-state index is 5.65. The number of anilines is 1. The summed E-state index contributed by atoms with van der Waals surface area (Å²) in [6, 6.07) is 8.03. The second kappa shape index (κ2) is 4.26. The van der Waals surface area contributed by atoms with Crippen molar-refractivity contribution in [1.29, 1.82) is 0 Å². The van der Waals surface area contributed by atoms with Crippen LogP contribution in [0.3, 0.4) is 0 Å². The Morgan fingerprint density at radius 1 is 1.19 bits per heavy atom. The van der Waals surface area contributed by atoms with Crippen LogP contribution in [0.2, 0.25) is 0 Å². The predicted octanol–water partition coefficient (Wildman–Crippen LogP) is 1.99. The monoisotopic (exact) mass is 214 g/mol. The largest absolute Gasteiger partial charge is 0.368 e. The van der Waals surface area contributed by atoms with E-state index < -0.39 is 0 Å². The summed E-state index contributed by atoms with van der Waals surface area (Å²) in [6.45, 7) is 4.03. The number of rotatable bonds is 2. The molecule has 0 saturated carbocycles. The van der Waals surface area contributed by atoms with E-state index in [1.807, 2.05) is 38.1 Å². The molecule has 0 aliphatic rings. The summed E-state index contributed by atoms with van der Waals surface area (Å²) in [5.74, 6) is 1.65. The van der Waals surface area contributed by atoms with Crippen molar-refractivity contribution in [3.63, 3.8) is 0 Å². The highest BCUT2D eigenvalue weighted by Crippen LogP contribution is 2.16. The molecule has 0 aliphatic carbocycles. The van der Waals surface area contributed by atoms with E-state index in [1.165, 1.54) is 5.56 Å². The molecule has 1 heterocycles. The van der Waals surface area contributed by atoms with Gasteiger partial charge in [-0.3, -0.25) is 0 Å². The second-order valence-corrected chi connectivity index (χ2v) is 3.66. The molecule has 0 atom stereocenters. The first kappa shape index (κ1) is 10.5. The normalized spacial score (nSPS) is 10.4. The zero-order valence-corrected chi connectivity index (χ0v) is 9.44. The number of hydrogen-bond donors (Lipinski definition) is 1. The van der Waals surface area contributed by atoms with Gasteiger partial charge in [0.25, 0.3) is 0 Å². The van der Waals surface area contributed by atoms with Crippen LogP contribution >= 0.6 is 0 Å². The van der Waals surface area contributed by atoms with Gasteiger partial charge in [-0.2, -0.15) is 9.97 Å². The minimum Gasteiger partial charge on any atom is -0.368 e. The second-order valence-electron chi connectivity index (χ2n) is 3.66. The lowest BCUT2D eigenvalue weighted by Crippen LogP contribution is -2.04. The van der Waals surface area contributed by atoms with Crippen molar-refractivity contribution in [1.82, 2.24) is 15.0 Å². The molecule has 1 aromatic carbocycles. The summed E-state index contributed by atoms with van der Waals surface area (Å²) in [5.41, 5.74) is 7.80. The molecule has 16 heavy (non-hydrogen) atoms. The third-order valence-electron chi connectivity index (χ3n) is 2.29. The molecule has 0 unspecified atom stereocenters. The van der Waals surface area contributed by atoms with Crippen molar-refractivity contribution in [3.8, 4) is 11.4 Å². The molecule has 4 heteroatoms. The molecule has 0 spiro atoms. The molecule has 2 aromatic rings. The Morgan fingerprint density at radius 2 is 2.00 bits per heavy atom. The maximum absolute atomic E-state index is 5.65. The van der Waals surface area contributed by atoms with Crippen molar-refractivity contribution in [2.45, 2.75) is 20.3 Å². The van der Waals surface area contributed by atoms with Gasteiger partial charge < -0.3 is 5.73 Å². The van der Waals surface area contributed by atoms with Crippen LogP contribution in [-0.4, -0.2) is 15.0 Å². The van der Waals surface area contributed by atoms with Crippen LogP contribution in [-0.2, 0) is 6.42 Å². The van der Waals surface area contributed by atoms with Crippen LogP contribution in [0.1, 0.15) is 18.3 Å². The molecule has 82 valence electrons. The number of aryl methyl sites for hydroxylation is 2. The Hall–Kier alpha value is -1.97. The molecule has 0 radical (unpaired) electrons. The molecule has 0 bridgehead atoms. The SMILES string of the molecule is CCc1nc(N)nc(-c2cccc(C)c2)n1. The van der Waals surface area contributed by atoms with E-state index in [1.54, 1.807) is 0 Å². The van der Waals surface area contributed by atoms with Crippen LogP contribution in [0.4, 0.5) is 5.95 Å². The first-order valence-electron chi connectivity index (χ1n) is 5.26. The number of nitrogen functional groups attached to an aromatic ring is 1. The summed E-state index contributed by atoms with van der Waals surface area (Å²) >= 11 is 0. The molecular formula is C12H14N4. The highest BCUT2D eigenvalue weighted by molar-refractivity contribution is 5.56. The third kappa shape index (κ3) is 2.16. The summed E-state index contributed by atoms with van der Waals surface area (Å²) in [7, 11) is 0. The molecule has 2 rings (SSSR count). The summed E-state index contributed by atoms with van der Waals surface area (Å²) in [6.07, 6.45) is 0.755. The van der Waals surface area contributed by atoms with Gasteiger partial charge in [-0.25, -0.2) is 4.98 Å². The predicted molar refractivity (Wildman–Crippen MR) is 63.8 cm³/mol. The van der Waals surface area contributed by atoms with Crippen LogP contribution in [0.25, 0.3) is 11.4 Å². The van der Waals surface area contributed by atoms with Crippen LogP contribution < -0.4 is 5.73 Å². The van der Waals surface area contributed by atoms with E-state index in [9.17, 15) is 0 Å². The van der Waals surface area contributed by atoms with E-state index in [4.69, 9.17) is 5.73 Å². The van der Waals surface area contributed by atoms with E-state index in [0.717, 1.165) is 17.8 Å². The van der Waals surface area contributed by atoms with Crippen LogP contribution in [0, 0.1) is 6.92 Å². The fourth-order valence-corrected chi connectivity index (χ4v) is 1.51. The smallest absolute Gasteiger partial charge is 0.223 e. The Bertz CT molecular complexity index is 508. The molecular weight excluding hydrogens is 200 g/mol. The Kier molecular flexibility index (Phi) is 2.81. The summed E-state index contributed by atoms with van der Waals surface area (Å²) in [5, 5.41) is 0. The fraction of sp³-hybridized carbons (Fsp3) is 0.250. The minimum atomic E-state index is 0.281. The molecule has 4 nitrogen and oxygen atoms in total. The summed E-state index contributed by atoms with van der Waals surface area (Å²) < 4.78 is 0. The standard InChI is InChI=1S/C12H14N4/c1-3-10-14-11(16-12(13)15-10)9-6-4-5-8(2)7-9/h4-7H,3H2,1-2H3,(H2,13,14,15,16). The lowest BCUT2D eigenvalue weighted by atomic mass is 10.1. The molecule has 0 fully saturated rings. The van der Waals surface area contributed by atoms with Crippen molar-refractivity contribution in [2.24, 2.45) is 0 Å². The third-order valence-corrected chi connectivity index (χ3v) is 2.29. The fourth-order valence-electron chi connectivity index (χ4n) is 1.51. The van der Waals surface area contributed by atoms with Crippen molar-refractivity contribution in [3.05, 3.63) is 35.7 Å². The van der Waals surface area contributed by atoms with Gasteiger partial charge in [0.1, 0.15) is 5.82 Å². The van der Waals surface area contributed by atoms with Gasteiger partial charge in [0, 0.05) is 12.0 Å². The van der Waals surface area contributed by atoms with Gasteiger partial charge in [0.05, 0.1) is 0 Å². The quantitative estimate of drug-likeness (QED) is 0.830. The number of aromatic nitrogens is 3. The van der Waals surface area contributed by atoms with Gasteiger partial charge in [0.15, 0.2) is 5.82 Å². The zero-order valence-electron chi connectivity index (χ0n) is 9.44. The van der Waals surface area contributed by atoms with Gasteiger partial charge >= 0.3 is 0 Å². The maximum Gasteiger partial charge on any atom is 0.223 e. The van der Waals surface area contributed by atoms with Gasteiger partial charge in [-0.1, -0.05) is 30.7 Å². The van der Waals surface area contributed by atoms with Crippen LogP contribution in [0.15, 0.2) is 24.3 Å². The molecule has 2 N–H and O–H groups in total. The number of nitrogens with zero attached hydrogens (tertiary/aromatic N) is 3. The first-order valence-corrected chi connectivity index (χ1v) is 5.26. The number of nitrogens with two attached hydrogens (primary N) is 1. The number of hydrogen-bond acceptors (Lipinski definition) is 4. The Morgan fingerprint density at radius 3 is 2.69 bits per heavy atom. The minimum absolute atomic E-state index is 0.281. The molecule has 0 amide bonds. The highest BCUT2D eigenvalue weighted by Gasteiger charge is 2.05. The Balaban J connectivity index is 2.51. The zero-order chi connectivity index (χ0) is 11.5. The molecule has 0 aliphatic heterocycles. The Labute approximate surface area is 94.6 Å². The van der Waals surface area contributed by atoms with E-state index >= 15 is 0 Å². The van der Waals surface area contributed by atoms with Gasteiger partial charge in [-0.15, -0.1) is 0 Å². The van der Waals surface area contributed by atoms with Crippen LogP contribution in [0.5, 0.6) is 0 Å². The lowest BCUT2D eigenvalue weighted by molar-refractivity contribution is 0.913.